The lowest BCUT2D eigenvalue weighted by atomic mass is 9.90. The van der Waals surface area contributed by atoms with Crippen LogP contribution in [0.15, 0.2) is 42.6 Å². The summed E-state index contributed by atoms with van der Waals surface area (Å²) >= 11 is 0. The number of halogens is 6. The lowest BCUT2D eigenvalue weighted by Gasteiger charge is -2.39. The molecule has 3 aromatic rings. The number of fused-ring (bicyclic) bond motifs is 1. The highest BCUT2D eigenvalue weighted by atomic mass is 19.4. The summed E-state index contributed by atoms with van der Waals surface area (Å²) in [7, 11) is 1.44. The summed E-state index contributed by atoms with van der Waals surface area (Å²) < 4.78 is 92.2. The minimum absolute atomic E-state index is 0.0269. The molecule has 0 fully saturated rings. The first kappa shape index (κ1) is 34.1. The van der Waals surface area contributed by atoms with E-state index in [0.29, 0.717) is 35.6 Å². The fourth-order valence-electron chi connectivity index (χ4n) is 5.20. The maximum atomic E-state index is 13.5. The molecular formula is C30H30F6N4O6. The number of hydrogen-bond donors (Lipinski definition) is 3. The molecule has 10 nitrogen and oxygen atoms in total. The highest BCUT2D eigenvalue weighted by Gasteiger charge is 2.38. The quantitative estimate of drug-likeness (QED) is 0.145. The number of anilines is 2. The Bertz CT molecular complexity index is 1550. The molecule has 2 heterocycles. The molecule has 46 heavy (non-hydrogen) atoms. The topological polar surface area (TPSA) is 134 Å². The molecule has 4 rings (SSSR count). The zero-order valence-electron chi connectivity index (χ0n) is 24.6. The molecule has 0 saturated heterocycles. The van der Waals surface area contributed by atoms with Crippen LogP contribution in [0.4, 0.5) is 42.8 Å². The van der Waals surface area contributed by atoms with Crippen molar-refractivity contribution in [2.24, 2.45) is 0 Å². The van der Waals surface area contributed by atoms with Crippen molar-refractivity contribution in [3.8, 4) is 11.5 Å². The smallest absolute Gasteiger partial charge is 0.416 e. The Morgan fingerprint density at radius 1 is 1.04 bits per heavy atom. The summed E-state index contributed by atoms with van der Waals surface area (Å²) in [6.07, 6.45) is -10.0. The van der Waals surface area contributed by atoms with Gasteiger partial charge in [0.25, 0.3) is 0 Å². The predicted molar refractivity (Wildman–Crippen MR) is 152 cm³/mol. The number of methoxy groups -OCH3 is 1. The number of amides is 1. The summed E-state index contributed by atoms with van der Waals surface area (Å²) in [6, 6.07) is 5.06. The van der Waals surface area contributed by atoms with E-state index in [2.05, 4.69) is 15.3 Å². The molecule has 2 aromatic carbocycles. The Morgan fingerprint density at radius 3 is 2.28 bits per heavy atom. The number of aromatic nitrogens is 2. The number of ether oxygens (including phenoxy) is 2. The molecule has 0 bridgehead atoms. The number of nitrogens with one attached hydrogen (secondary N) is 1. The van der Waals surface area contributed by atoms with E-state index < -0.39 is 54.0 Å². The molecular weight excluding hydrogens is 626 g/mol. The van der Waals surface area contributed by atoms with Gasteiger partial charge >= 0.3 is 24.4 Å². The normalized spacial score (nSPS) is 16.5. The first-order valence-corrected chi connectivity index (χ1v) is 14.1. The largest absolute Gasteiger partial charge is 0.497 e. The van der Waals surface area contributed by atoms with Gasteiger partial charge in [-0.25, -0.2) is 14.8 Å². The SMILES string of the molecule is CC[C@@H]1C[C@H](Nc2ncc(OCCCC(=O)O)c(Cc3cc(C(F)(F)F)cc(C(F)(F)F)c3)n2)c2cc(OC)ccc2N1C(=O)O. The van der Waals surface area contributed by atoms with Gasteiger partial charge in [-0.15, -0.1) is 0 Å². The lowest BCUT2D eigenvalue weighted by Crippen LogP contribution is -2.45. The van der Waals surface area contributed by atoms with Gasteiger partial charge in [0.05, 0.1) is 48.5 Å². The van der Waals surface area contributed by atoms with Gasteiger partial charge in [0.1, 0.15) is 5.75 Å². The summed E-state index contributed by atoms with van der Waals surface area (Å²) in [5.41, 5.74) is -2.45. The molecule has 1 amide bonds. The van der Waals surface area contributed by atoms with E-state index in [1.807, 2.05) is 6.92 Å². The zero-order valence-corrected chi connectivity index (χ0v) is 24.6. The minimum Gasteiger partial charge on any atom is -0.497 e. The van der Waals surface area contributed by atoms with Crippen molar-refractivity contribution >= 4 is 23.7 Å². The van der Waals surface area contributed by atoms with Crippen molar-refractivity contribution in [3.05, 3.63) is 70.5 Å². The number of alkyl halides is 6. The molecule has 0 radical (unpaired) electrons. The molecule has 0 unspecified atom stereocenters. The number of carbonyl (C=O) groups is 2. The van der Waals surface area contributed by atoms with Gasteiger partial charge in [0, 0.05) is 24.4 Å². The first-order valence-electron chi connectivity index (χ1n) is 14.1. The summed E-state index contributed by atoms with van der Waals surface area (Å²) in [5, 5.41) is 22.0. The Hall–Kier alpha value is -4.76. The summed E-state index contributed by atoms with van der Waals surface area (Å²) in [6.45, 7) is 1.69. The van der Waals surface area contributed by atoms with Gasteiger partial charge in [-0.05, 0) is 61.2 Å². The molecule has 1 aromatic heterocycles. The van der Waals surface area contributed by atoms with Gasteiger partial charge in [0.15, 0.2) is 5.75 Å². The van der Waals surface area contributed by atoms with E-state index in [1.165, 1.54) is 18.2 Å². The molecule has 0 saturated carbocycles. The average Bonchev–Trinajstić information content (AvgIpc) is 2.98. The zero-order chi connectivity index (χ0) is 33.8. The van der Waals surface area contributed by atoms with E-state index in [-0.39, 0.29) is 54.9 Å². The van der Waals surface area contributed by atoms with Crippen LogP contribution in [0.2, 0.25) is 0 Å². The highest BCUT2D eigenvalue weighted by molar-refractivity contribution is 5.89. The van der Waals surface area contributed by atoms with E-state index in [9.17, 15) is 41.0 Å². The Morgan fingerprint density at radius 2 is 1.72 bits per heavy atom. The Balaban J connectivity index is 1.74. The van der Waals surface area contributed by atoms with Crippen LogP contribution in [0.1, 0.15) is 66.6 Å². The standard InChI is InChI=1S/C30H30F6N4O6/c1-3-19-13-22(21-14-20(45-2)6-7-24(21)40(19)28(43)44)38-27-37-15-25(46-8-4-5-26(41)42)23(39-27)11-16-9-17(29(31,32)33)12-18(10-16)30(34,35)36/h6-7,9-10,12,14-15,19,22H,3-5,8,11,13H2,1-2H3,(H,41,42)(H,43,44)(H,37,38,39)/t19-,22+/m1/s1. The maximum absolute atomic E-state index is 13.5. The highest BCUT2D eigenvalue weighted by Crippen LogP contribution is 2.42. The molecule has 16 heteroatoms. The molecule has 1 aliphatic heterocycles. The van der Waals surface area contributed by atoms with Gasteiger partial charge in [-0.1, -0.05) is 6.92 Å². The van der Waals surface area contributed by atoms with E-state index in [1.54, 1.807) is 18.2 Å². The number of carboxylic acid groups (broad SMARTS) is 2. The van der Waals surface area contributed by atoms with Crippen LogP contribution in [-0.4, -0.2) is 52.0 Å². The number of benzene rings is 2. The second kappa shape index (κ2) is 13.7. The number of rotatable bonds is 11. The van der Waals surface area contributed by atoms with Gasteiger partial charge < -0.3 is 25.0 Å². The van der Waals surface area contributed by atoms with Crippen molar-refractivity contribution in [3.63, 3.8) is 0 Å². The fraction of sp³-hybridized carbons (Fsp3) is 0.400. The molecule has 1 aliphatic rings. The van der Waals surface area contributed by atoms with Crippen LogP contribution in [0, 0.1) is 0 Å². The van der Waals surface area contributed by atoms with Crippen molar-refractivity contribution in [1.82, 2.24) is 9.97 Å². The molecule has 0 aliphatic carbocycles. The first-order chi connectivity index (χ1) is 21.6. The summed E-state index contributed by atoms with van der Waals surface area (Å²) in [5.74, 6) is -0.744. The monoisotopic (exact) mass is 656 g/mol. The Kier molecular flexibility index (Phi) is 10.2. The van der Waals surface area contributed by atoms with E-state index in [4.69, 9.17) is 14.6 Å². The van der Waals surface area contributed by atoms with Crippen LogP contribution in [-0.2, 0) is 23.6 Å². The van der Waals surface area contributed by atoms with E-state index in [0.717, 1.165) is 0 Å². The van der Waals surface area contributed by atoms with Crippen molar-refractivity contribution in [1.29, 1.82) is 0 Å². The van der Waals surface area contributed by atoms with Gasteiger partial charge in [0.2, 0.25) is 5.95 Å². The van der Waals surface area contributed by atoms with Gasteiger partial charge in [-0.3, -0.25) is 9.69 Å². The molecule has 3 N–H and O–H groups in total. The fourth-order valence-corrected chi connectivity index (χ4v) is 5.20. The third kappa shape index (κ3) is 8.09. The number of nitrogens with zero attached hydrogens (tertiary/aromatic N) is 3. The molecule has 2 atom stereocenters. The summed E-state index contributed by atoms with van der Waals surface area (Å²) in [4.78, 5) is 32.9. The maximum Gasteiger partial charge on any atom is 0.416 e. The predicted octanol–water partition coefficient (Wildman–Crippen LogP) is 7.18. The van der Waals surface area contributed by atoms with E-state index >= 15 is 0 Å². The average molecular weight is 657 g/mol. The Labute approximate surface area is 259 Å². The molecule has 0 spiro atoms. The van der Waals surface area contributed by atoms with Crippen LogP contribution in [0.25, 0.3) is 0 Å². The van der Waals surface area contributed by atoms with Crippen LogP contribution >= 0.6 is 0 Å². The lowest BCUT2D eigenvalue weighted by molar-refractivity contribution is -0.143. The second-order valence-electron chi connectivity index (χ2n) is 10.5. The van der Waals surface area contributed by atoms with Crippen LogP contribution in [0.5, 0.6) is 11.5 Å². The molecule has 248 valence electrons. The van der Waals surface area contributed by atoms with Crippen molar-refractivity contribution < 1.29 is 55.6 Å². The third-order valence-corrected chi connectivity index (χ3v) is 7.36. The van der Waals surface area contributed by atoms with Gasteiger partial charge in [-0.2, -0.15) is 26.3 Å². The van der Waals surface area contributed by atoms with Crippen molar-refractivity contribution in [2.45, 2.75) is 63.5 Å². The second-order valence-corrected chi connectivity index (χ2v) is 10.5. The van der Waals surface area contributed by atoms with Crippen LogP contribution in [0.3, 0.4) is 0 Å². The number of carboxylic acids is 1. The number of aliphatic carboxylic acids is 1. The van der Waals surface area contributed by atoms with Crippen molar-refractivity contribution in [2.75, 3.05) is 23.9 Å². The minimum atomic E-state index is -5.06. The number of hydrogen-bond acceptors (Lipinski definition) is 7. The van der Waals surface area contributed by atoms with Crippen LogP contribution < -0.4 is 19.7 Å². The third-order valence-electron chi connectivity index (χ3n) is 7.36.